The normalized spacial score (nSPS) is 18.7. The predicted octanol–water partition coefficient (Wildman–Crippen LogP) is 1.08. The Kier molecular flexibility index (Phi) is 6.45. The number of rotatable bonds is 5. The molecule has 0 bridgehead atoms. The number of hydrogen-bond acceptors (Lipinski definition) is 4. The quantitative estimate of drug-likeness (QED) is 0.792. The van der Waals surface area contributed by atoms with E-state index in [1.54, 1.807) is 18.7 Å². The molecule has 0 saturated carbocycles. The molecule has 1 saturated heterocycles. The van der Waals surface area contributed by atoms with E-state index in [-0.39, 0.29) is 18.0 Å². The van der Waals surface area contributed by atoms with Crippen LogP contribution in [0.4, 0.5) is 4.79 Å². The van der Waals surface area contributed by atoms with Crippen molar-refractivity contribution in [2.24, 2.45) is 11.8 Å². The summed E-state index contributed by atoms with van der Waals surface area (Å²) in [6.07, 6.45) is 0.979. The maximum atomic E-state index is 12.0. The molecule has 0 aromatic heterocycles. The standard InChI is InChI=1S/C14H24N2O5/c1-4-21-14(20)16-7-5-11(6-8-16)15-12(17)9(2)10(3)13(18)19/h9-11H,4-8H2,1-3H3,(H,15,17)(H,18,19). The summed E-state index contributed by atoms with van der Waals surface area (Å²) in [5.74, 6) is -2.52. The summed E-state index contributed by atoms with van der Waals surface area (Å²) in [7, 11) is 0. The van der Waals surface area contributed by atoms with E-state index < -0.39 is 17.8 Å². The first-order valence-corrected chi connectivity index (χ1v) is 7.31. The van der Waals surface area contributed by atoms with Gasteiger partial charge in [0.15, 0.2) is 0 Å². The molecule has 0 aliphatic carbocycles. The van der Waals surface area contributed by atoms with E-state index in [9.17, 15) is 14.4 Å². The van der Waals surface area contributed by atoms with Gasteiger partial charge in [-0.25, -0.2) is 4.79 Å². The first kappa shape index (κ1) is 17.3. The van der Waals surface area contributed by atoms with Crippen molar-refractivity contribution in [3.8, 4) is 0 Å². The zero-order valence-electron chi connectivity index (χ0n) is 12.8. The molecule has 1 rings (SSSR count). The lowest BCUT2D eigenvalue weighted by Gasteiger charge is -2.32. The minimum absolute atomic E-state index is 0.0216. The van der Waals surface area contributed by atoms with E-state index >= 15 is 0 Å². The highest BCUT2D eigenvalue weighted by Crippen LogP contribution is 2.15. The summed E-state index contributed by atoms with van der Waals surface area (Å²) in [5, 5.41) is 11.8. The highest BCUT2D eigenvalue weighted by molar-refractivity contribution is 5.84. The second kappa shape index (κ2) is 7.85. The van der Waals surface area contributed by atoms with Gasteiger partial charge in [0.05, 0.1) is 12.5 Å². The number of carbonyl (C=O) groups excluding carboxylic acids is 2. The van der Waals surface area contributed by atoms with E-state index in [0.717, 1.165) is 0 Å². The van der Waals surface area contributed by atoms with Crippen LogP contribution in [0.3, 0.4) is 0 Å². The van der Waals surface area contributed by atoms with Crippen LogP contribution in [0.2, 0.25) is 0 Å². The largest absolute Gasteiger partial charge is 0.481 e. The van der Waals surface area contributed by atoms with E-state index in [4.69, 9.17) is 9.84 Å². The zero-order valence-corrected chi connectivity index (χ0v) is 12.8. The molecule has 1 aliphatic heterocycles. The molecular formula is C14H24N2O5. The number of aliphatic carboxylic acids is 1. The lowest BCUT2D eigenvalue weighted by molar-refractivity contribution is -0.146. The van der Waals surface area contributed by atoms with E-state index in [2.05, 4.69) is 5.32 Å². The average Bonchev–Trinajstić information content (AvgIpc) is 2.46. The van der Waals surface area contributed by atoms with Gasteiger partial charge in [0.25, 0.3) is 0 Å². The number of ether oxygens (including phenoxy) is 1. The summed E-state index contributed by atoms with van der Waals surface area (Å²) in [4.78, 5) is 36.0. The first-order valence-electron chi connectivity index (χ1n) is 7.31. The van der Waals surface area contributed by atoms with Crippen molar-refractivity contribution in [1.29, 1.82) is 0 Å². The summed E-state index contributed by atoms with van der Waals surface area (Å²) >= 11 is 0. The van der Waals surface area contributed by atoms with Crippen molar-refractivity contribution in [2.75, 3.05) is 19.7 Å². The Morgan fingerprint density at radius 2 is 1.81 bits per heavy atom. The Morgan fingerprint density at radius 3 is 2.29 bits per heavy atom. The molecule has 7 heteroatoms. The van der Waals surface area contributed by atoms with E-state index in [0.29, 0.717) is 32.5 Å². The van der Waals surface area contributed by atoms with Gasteiger partial charge < -0.3 is 20.1 Å². The van der Waals surface area contributed by atoms with Crippen molar-refractivity contribution in [2.45, 2.75) is 39.7 Å². The third-order valence-corrected chi connectivity index (χ3v) is 3.92. The molecule has 0 spiro atoms. The van der Waals surface area contributed by atoms with Crippen LogP contribution in [0.15, 0.2) is 0 Å². The Hall–Kier alpha value is -1.79. The average molecular weight is 300 g/mol. The smallest absolute Gasteiger partial charge is 0.409 e. The van der Waals surface area contributed by atoms with Crippen molar-refractivity contribution in [3.63, 3.8) is 0 Å². The Labute approximate surface area is 124 Å². The molecular weight excluding hydrogens is 276 g/mol. The van der Waals surface area contributed by atoms with Gasteiger partial charge >= 0.3 is 12.1 Å². The SMILES string of the molecule is CCOC(=O)N1CCC(NC(=O)C(C)C(C)C(=O)O)CC1. The molecule has 0 aromatic carbocycles. The van der Waals surface area contributed by atoms with Crippen LogP contribution in [0.25, 0.3) is 0 Å². The number of carboxylic acids is 1. The molecule has 2 atom stereocenters. The molecule has 0 aromatic rings. The fourth-order valence-corrected chi connectivity index (χ4v) is 2.19. The molecule has 21 heavy (non-hydrogen) atoms. The maximum absolute atomic E-state index is 12.0. The van der Waals surface area contributed by atoms with Crippen LogP contribution in [0.1, 0.15) is 33.6 Å². The fourth-order valence-electron chi connectivity index (χ4n) is 2.19. The highest BCUT2D eigenvalue weighted by atomic mass is 16.6. The van der Waals surface area contributed by atoms with Crippen LogP contribution in [-0.2, 0) is 14.3 Å². The van der Waals surface area contributed by atoms with Crippen LogP contribution >= 0.6 is 0 Å². The number of carbonyl (C=O) groups is 3. The minimum atomic E-state index is -0.977. The monoisotopic (exact) mass is 300 g/mol. The highest BCUT2D eigenvalue weighted by Gasteiger charge is 2.29. The van der Waals surface area contributed by atoms with Gasteiger partial charge in [-0.3, -0.25) is 9.59 Å². The second-order valence-corrected chi connectivity index (χ2v) is 5.38. The topological polar surface area (TPSA) is 95.9 Å². The van der Waals surface area contributed by atoms with E-state index in [1.165, 1.54) is 6.92 Å². The van der Waals surface area contributed by atoms with E-state index in [1.807, 2.05) is 0 Å². The number of carboxylic acid groups (broad SMARTS) is 1. The number of nitrogens with zero attached hydrogens (tertiary/aromatic N) is 1. The third kappa shape index (κ3) is 4.91. The summed E-state index contributed by atoms with van der Waals surface area (Å²) in [5.41, 5.74) is 0. The van der Waals surface area contributed by atoms with Crippen LogP contribution in [-0.4, -0.2) is 53.7 Å². The number of piperidine rings is 1. The molecule has 1 heterocycles. The van der Waals surface area contributed by atoms with Crippen molar-refractivity contribution < 1.29 is 24.2 Å². The van der Waals surface area contributed by atoms with Gasteiger partial charge in [0.1, 0.15) is 0 Å². The van der Waals surface area contributed by atoms with Crippen molar-refractivity contribution in [1.82, 2.24) is 10.2 Å². The second-order valence-electron chi connectivity index (χ2n) is 5.38. The Balaban J connectivity index is 2.40. The Morgan fingerprint density at radius 1 is 1.24 bits per heavy atom. The molecule has 7 nitrogen and oxygen atoms in total. The van der Waals surface area contributed by atoms with Crippen LogP contribution < -0.4 is 5.32 Å². The van der Waals surface area contributed by atoms with Crippen LogP contribution in [0.5, 0.6) is 0 Å². The summed E-state index contributed by atoms with van der Waals surface area (Å²) in [6.45, 7) is 6.31. The predicted molar refractivity (Wildman–Crippen MR) is 75.7 cm³/mol. The molecule has 2 N–H and O–H groups in total. The number of amides is 2. The van der Waals surface area contributed by atoms with Gasteiger partial charge in [-0.2, -0.15) is 0 Å². The summed E-state index contributed by atoms with van der Waals surface area (Å²) < 4.78 is 4.93. The van der Waals surface area contributed by atoms with Gasteiger partial charge in [-0.15, -0.1) is 0 Å². The molecule has 120 valence electrons. The number of nitrogens with one attached hydrogen (secondary N) is 1. The zero-order chi connectivity index (χ0) is 16.0. The van der Waals surface area contributed by atoms with Gasteiger partial charge in [-0.1, -0.05) is 13.8 Å². The fraction of sp³-hybridized carbons (Fsp3) is 0.786. The molecule has 2 unspecified atom stereocenters. The maximum Gasteiger partial charge on any atom is 0.409 e. The number of hydrogen-bond donors (Lipinski definition) is 2. The molecule has 2 amide bonds. The summed E-state index contributed by atoms with van der Waals surface area (Å²) in [6, 6.07) is -0.0216. The van der Waals surface area contributed by atoms with Crippen molar-refractivity contribution >= 4 is 18.0 Å². The van der Waals surface area contributed by atoms with Crippen molar-refractivity contribution in [3.05, 3.63) is 0 Å². The Bertz CT molecular complexity index is 391. The first-order chi connectivity index (χ1) is 9.86. The molecule has 1 fully saturated rings. The van der Waals surface area contributed by atoms with Gasteiger partial charge in [-0.05, 0) is 19.8 Å². The van der Waals surface area contributed by atoms with Crippen LogP contribution in [0, 0.1) is 11.8 Å². The van der Waals surface area contributed by atoms with Gasteiger partial charge in [0.2, 0.25) is 5.91 Å². The van der Waals surface area contributed by atoms with Gasteiger partial charge in [0, 0.05) is 25.0 Å². The lowest BCUT2D eigenvalue weighted by Crippen LogP contribution is -2.48. The molecule has 1 aliphatic rings. The lowest BCUT2D eigenvalue weighted by atomic mass is 9.94. The third-order valence-electron chi connectivity index (χ3n) is 3.92. The minimum Gasteiger partial charge on any atom is -0.481 e. The molecule has 0 radical (unpaired) electrons. The number of likely N-dealkylation sites (tertiary alicyclic amines) is 1.